The molecular weight excluding hydrogens is 424 g/mol. The Kier molecular flexibility index (Phi) is 4.77. The van der Waals surface area contributed by atoms with Crippen LogP contribution in [0.3, 0.4) is 0 Å². The fourth-order valence-electron chi connectivity index (χ4n) is 4.39. The third-order valence-electron chi connectivity index (χ3n) is 6.14. The molecule has 4 nitrogen and oxygen atoms in total. The lowest BCUT2D eigenvalue weighted by Crippen LogP contribution is -1.98. The molecule has 0 amide bonds. The first kappa shape index (κ1) is 20.1. The second kappa shape index (κ2) is 8.09. The SMILES string of the molecule is COc1ccc(-c2cc(=O)oc3cc4occ(-c5ccc(-c6ccccc6)cc5)c4cc23)cc1. The van der Waals surface area contributed by atoms with Gasteiger partial charge in [-0.3, -0.25) is 0 Å². The number of hydrogen-bond acceptors (Lipinski definition) is 4. The zero-order valence-corrected chi connectivity index (χ0v) is 18.4. The van der Waals surface area contributed by atoms with E-state index in [1.165, 1.54) is 11.6 Å². The van der Waals surface area contributed by atoms with Crippen LogP contribution >= 0.6 is 0 Å². The predicted molar refractivity (Wildman–Crippen MR) is 135 cm³/mol. The van der Waals surface area contributed by atoms with Crippen molar-refractivity contribution >= 4 is 21.9 Å². The van der Waals surface area contributed by atoms with Crippen LogP contribution in [0.2, 0.25) is 0 Å². The van der Waals surface area contributed by atoms with E-state index >= 15 is 0 Å². The molecule has 0 fully saturated rings. The quantitative estimate of drug-likeness (QED) is 0.263. The highest BCUT2D eigenvalue weighted by Crippen LogP contribution is 2.37. The standard InChI is InChI=1S/C30H20O4/c1-32-23-13-11-21(12-14-23)24-16-30(31)34-29-17-28-26(15-25(24)29)27(18-33-28)22-9-7-20(8-10-22)19-5-3-2-4-6-19/h2-18H,1H3. The van der Waals surface area contributed by atoms with Gasteiger partial charge in [0.15, 0.2) is 0 Å². The van der Waals surface area contributed by atoms with Gasteiger partial charge in [0, 0.05) is 28.5 Å². The van der Waals surface area contributed by atoms with E-state index in [-0.39, 0.29) is 0 Å². The van der Waals surface area contributed by atoms with E-state index < -0.39 is 5.63 Å². The number of benzene rings is 4. The smallest absolute Gasteiger partial charge is 0.336 e. The first-order chi connectivity index (χ1) is 16.7. The normalized spacial score (nSPS) is 11.2. The molecule has 0 atom stereocenters. The molecule has 0 saturated carbocycles. The fourth-order valence-corrected chi connectivity index (χ4v) is 4.39. The van der Waals surface area contributed by atoms with Crippen molar-refractivity contribution in [3.63, 3.8) is 0 Å². The summed E-state index contributed by atoms with van der Waals surface area (Å²) in [7, 11) is 1.63. The van der Waals surface area contributed by atoms with Gasteiger partial charge in [-0.15, -0.1) is 0 Å². The number of furan rings is 1. The Hall–Kier alpha value is -4.57. The largest absolute Gasteiger partial charge is 0.497 e. The molecule has 0 bridgehead atoms. The zero-order chi connectivity index (χ0) is 23.1. The van der Waals surface area contributed by atoms with Crippen LogP contribution in [0.25, 0.3) is 55.3 Å². The van der Waals surface area contributed by atoms with Crippen LogP contribution in [0.4, 0.5) is 0 Å². The summed E-state index contributed by atoms with van der Waals surface area (Å²) in [5, 5.41) is 1.81. The van der Waals surface area contributed by atoms with Gasteiger partial charge < -0.3 is 13.6 Å². The predicted octanol–water partition coefficient (Wildman–Crippen LogP) is 7.55. The molecule has 2 aromatic heterocycles. The lowest BCUT2D eigenvalue weighted by molar-refractivity contribution is 0.415. The van der Waals surface area contributed by atoms with Crippen molar-refractivity contribution in [2.24, 2.45) is 0 Å². The minimum absolute atomic E-state index is 0.402. The Morgan fingerprint density at radius 2 is 1.24 bits per heavy atom. The molecule has 34 heavy (non-hydrogen) atoms. The van der Waals surface area contributed by atoms with Crippen molar-refractivity contribution in [3.8, 4) is 39.1 Å². The number of fused-ring (bicyclic) bond motifs is 2. The van der Waals surface area contributed by atoms with Crippen LogP contribution in [0.5, 0.6) is 5.75 Å². The highest BCUT2D eigenvalue weighted by atomic mass is 16.5. The van der Waals surface area contributed by atoms with Crippen LogP contribution in [0.1, 0.15) is 0 Å². The monoisotopic (exact) mass is 444 g/mol. The van der Waals surface area contributed by atoms with Gasteiger partial charge in [0.05, 0.1) is 13.4 Å². The third-order valence-corrected chi connectivity index (χ3v) is 6.14. The molecule has 6 rings (SSSR count). The summed E-state index contributed by atoms with van der Waals surface area (Å²) in [5.74, 6) is 0.759. The highest BCUT2D eigenvalue weighted by Gasteiger charge is 2.15. The molecule has 0 spiro atoms. The first-order valence-electron chi connectivity index (χ1n) is 11.0. The molecule has 0 radical (unpaired) electrons. The average molecular weight is 444 g/mol. The van der Waals surface area contributed by atoms with Crippen LogP contribution in [0.15, 0.2) is 117 Å². The maximum absolute atomic E-state index is 12.3. The first-order valence-corrected chi connectivity index (χ1v) is 11.0. The molecule has 0 unspecified atom stereocenters. The van der Waals surface area contributed by atoms with Crippen LogP contribution in [-0.4, -0.2) is 7.11 Å². The molecule has 2 heterocycles. The molecule has 4 heteroatoms. The second-order valence-electron chi connectivity index (χ2n) is 8.14. The van der Waals surface area contributed by atoms with Gasteiger partial charge in [-0.2, -0.15) is 0 Å². The van der Waals surface area contributed by atoms with Crippen molar-refractivity contribution < 1.29 is 13.6 Å². The Morgan fingerprint density at radius 1 is 0.618 bits per heavy atom. The van der Waals surface area contributed by atoms with E-state index in [1.807, 2.05) is 48.5 Å². The Labute approximate surface area is 195 Å². The van der Waals surface area contributed by atoms with Gasteiger partial charge >= 0.3 is 5.63 Å². The summed E-state index contributed by atoms with van der Waals surface area (Å²) in [6.45, 7) is 0. The maximum Gasteiger partial charge on any atom is 0.336 e. The van der Waals surface area contributed by atoms with Crippen molar-refractivity contribution in [2.45, 2.75) is 0 Å². The molecule has 6 aromatic rings. The Bertz CT molecular complexity index is 1670. The van der Waals surface area contributed by atoms with Gasteiger partial charge in [0.1, 0.15) is 16.9 Å². The second-order valence-corrected chi connectivity index (χ2v) is 8.14. The molecule has 0 aliphatic heterocycles. The van der Waals surface area contributed by atoms with Crippen LogP contribution in [-0.2, 0) is 0 Å². The molecule has 0 saturated heterocycles. The fraction of sp³-hybridized carbons (Fsp3) is 0.0333. The van der Waals surface area contributed by atoms with Gasteiger partial charge in [0.2, 0.25) is 0 Å². The van der Waals surface area contributed by atoms with Crippen molar-refractivity contribution in [2.75, 3.05) is 7.11 Å². The van der Waals surface area contributed by atoms with Gasteiger partial charge in [-0.05, 0) is 46.0 Å². The lowest BCUT2D eigenvalue weighted by atomic mass is 9.97. The number of ether oxygens (including phenoxy) is 1. The summed E-state index contributed by atoms with van der Waals surface area (Å²) in [4.78, 5) is 12.3. The van der Waals surface area contributed by atoms with E-state index in [9.17, 15) is 4.79 Å². The molecule has 0 aliphatic rings. The minimum Gasteiger partial charge on any atom is -0.497 e. The highest BCUT2D eigenvalue weighted by molar-refractivity contribution is 6.05. The van der Waals surface area contributed by atoms with E-state index in [4.69, 9.17) is 13.6 Å². The van der Waals surface area contributed by atoms with Crippen molar-refractivity contribution in [1.82, 2.24) is 0 Å². The zero-order valence-electron chi connectivity index (χ0n) is 18.4. The Morgan fingerprint density at radius 3 is 1.97 bits per heavy atom. The minimum atomic E-state index is -0.402. The van der Waals surface area contributed by atoms with Gasteiger partial charge in [0.25, 0.3) is 0 Å². The number of rotatable bonds is 4. The van der Waals surface area contributed by atoms with E-state index in [1.54, 1.807) is 19.4 Å². The maximum atomic E-state index is 12.3. The van der Waals surface area contributed by atoms with Crippen LogP contribution in [0, 0.1) is 0 Å². The van der Waals surface area contributed by atoms with Crippen LogP contribution < -0.4 is 10.4 Å². The van der Waals surface area contributed by atoms with Gasteiger partial charge in [-0.1, -0.05) is 66.7 Å². The third kappa shape index (κ3) is 3.46. The van der Waals surface area contributed by atoms with Crippen molar-refractivity contribution in [3.05, 3.63) is 114 Å². The molecule has 4 aromatic carbocycles. The topological polar surface area (TPSA) is 52.6 Å². The summed E-state index contributed by atoms with van der Waals surface area (Å²) in [5.41, 5.74) is 6.86. The summed E-state index contributed by atoms with van der Waals surface area (Å²) in [6, 6.07) is 31.7. The van der Waals surface area contributed by atoms with E-state index in [0.29, 0.717) is 11.2 Å². The van der Waals surface area contributed by atoms with E-state index in [0.717, 1.165) is 44.3 Å². The van der Waals surface area contributed by atoms with Gasteiger partial charge in [-0.25, -0.2) is 4.79 Å². The summed E-state index contributed by atoms with van der Waals surface area (Å²) in [6.07, 6.45) is 1.76. The molecular formula is C30H20O4. The lowest BCUT2D eigenvalue weighted by Gasteiger charge is -2.08. The summed E-state index contributed by atoms with van der Waals surface area (Å²) >= 11 is 0. The molecule has 0 N–H and O–H groups in total. The number of methoxy groups -OCH3 is 1. The van der Waals surface area contributed by atoms with E-state index in [2.05, 4.69) is 36.4 Å². The van der Waals surface area contributed by atoms with Crippen molar-refractivity contribution in [1.29, 1.82) is 0 Å². The molecule has 164 valence electrons. The number of hydrogen-bond donors (Lipinski definition) is 0. The Balaban J connectivity index is 1.49. The average Bonchev–Trinajstić information content (AvgIpc) is 3.30. The molecule has 0 aliphatic carbocycles. The summed E-state index contributed by atoms with van der Waals surface area (Å²) < 4.78 is 16.7.